The highest BCUT2D eigenvalue weighted by Crippen LogP contribution is 2.27. The molecule has 13 heavy (non-hydrogen) atoms. The Morgan fingerprint density at radius 2 is 1.92 bits per heavy atom. The van der Waals surface area contributed by atoms with Crippen molar-refractivity contribution in [1.82, 2.24) is 4.31 Å². The zero-order valence-corrected chi connectivity index (χ0v) is 8.85. The van der Waals surface area contributed by atoms with Crippen LogP contribution in [0.4, 0.5) is 4.39 Å². The molecule has 0 bridgehead atoms. The molecule has 78 valence electrons. The van der Waals surface area contributed by atoms with Gasteiger partial charge in [-0.3, -0.25) is 4.39 Å². The van der Waals surface area contributed by atoms with E-state index < -0.39 is 16.7 Å². The molecule has 1 rings (SSSR count). The number of alkyl halides is 1. The summed E-state index contributed by atoms with van der Waals surface area (Å²) in [5.74, 6) is 0.0967. The molecule has 3 nitrogen and oxygen atoms in total. The highest BCUT2D eigenvalue weighted by atomic mass is 32.2. The zero-order chi connectivity index (χ0) is 10.1. The van der Waals surface area contributed by atoms with Crippen LogP contribution in [0.3, 0.4) is 0 Å². The van der Waals surface area contributed by atoms with Crippen molar-refractivity contribution >= 4 is 10.0 Å². The third kappa shape index (κ3) is 2.40. The molecule has 1 aliphatic rings. The third-order valence-corrected chi connectivity index (χ3v) is 3.97. The van der Waals surface area contributed by atoms with Gasteiger partial charge in [-0.15, -0.1) is 0 Å². The predicted octanol–water partition coefficient (Wildman–Crippen LogP) is 0.873. The summed E-state index contributed by atoms with van der Waals surface area (Å²) in [5.41, 5.74) is 0. The van der Waals surface area contributed by atoms with E-state index in [4.69, 9.17) is 0 Å². The van der Waals surface area contributed by atoms with Crippen molar-refractivity contribution in [2.45, 2.75) is 13.3 Å². The van der Waals surface area contributed by atoms with Crippen molar-refractivity contribution < 1.29 is 12.8 Å². The van der Waals surface area contributed by atoms with Crippen LogP contribution in [-0.4, -0.2) is 38.7 Å². The number of nitrogens with zero attached hydrogens (tertiary/aromatic N) is 1. The molecule has 1 saturated heterocycles. The van der Waals surface area contributed by atoms with E-state index in [-0.39, 0.29) is 11.8 Å². The highest BCUT2D eigenvalue weighted by Gasteiger charge is 2.35. The van der Waals surface area contributed by atoms with Crippen LogP contribution in [0.2, 0.25) is 0 Å². The van der Waals surface area contributed by atoms with E-state index in [1.807, 2.05) is 6.92 Å². The molecule has 0 spiro atoms. The molecule has 1 aliphatic heterocycles. The Morgan fingerprint density at radius 3 is 2.23 bits per heavy atom. The van der Waals surface area contributed by atoms with Gasteiger partial charge in [0.05, 0.1) is 12.9 Å². The Morgan fingerprint density at radius 1 is 1.38 bits per heavy atom. The summed E-state index contributed by atoms with van der Waals surface area (Å²) in [4.78, 5) is 0. The van der Waals surface area contributed by atoms with Crippen molar-refractivity contribution in [3.8, 4) is 0 Å². The van der Waals surface area contributed by atoms with Crippen molar-refractivity contribution in [2.75, 3.05) is 26.0 Å². The van der Waals surface area contributed by atoms with Gasteiger partial charge in [0, 0.05) is 19.0 Å². The molecule has 0 aromatic carbocycles. The lowest BCUT2D eigenvalue weighted by Gasteiger charge is -2.11. The predicted molar refractivity (Wildman–Crippen MR) is 49.7 cm³/mol. The van der Waals surface area contributed by atoms with E-state index in [0.29, 0.717) is 13.1 Å². The summed E-state index contributed by atoms with van der Waals surface area (Å²) >= 11 is 0. The molecule has 0 N–H and O–H groups in total. The molecule has 1 fully saturated rings. The quantitative estimate of drug-likeness (QED) is 0.691. The van der Waals surface area contributed by atoms with E-state index in [1.165, 1.54) is 10.6 Å². The highest BCUT2D eigenvalue weighted by molar-refractivity contribution is 7.88. The maximum atomic E-state index is 12.5. The topological polar surface area (TPSA) is 37.4 Å². The van der Waals surface area contributed by atoms with Crippen LogP contribution in [0, 0.1) is 11.8 Å². The number of hydrogen-bond donors (Lipinski definition) is 0. The largest absolute Gasteiger partial charge is 0.251 e. The first-order chi connectivity index (χ1) is 5.99. The average Bonchev–Trinajstić information content (AvgIpc) is 2.45. The molecule has 1 unspecified atom stereocenters. The first-order valence-corrected chi connectivity index (χ1v) is 6.35. The third-order valence-electron chi connectivity index (χ3n) is 2.73. The van der Waals surface area contributed by atoms with Gasteiger partial charge < -0.3 is 0 Å². The second-order valence-corrected chi connectivity index (χ2v) is 5.65. The van der Waals surface area contributed by atoms with Gasteiger partial charge >= 0.3 is 0 Å². The van der Waals surface area contributed by atoms with Crippen LogP contribution >= 0.6 is 0 Å². The van der Waals surface area contributed by atoms with Crippen LogP contribution in [0.25, 0.3) is 0 Å². The molecule has 5 heteroatoms. The Hall–Kier alpha value is -0.160. The molecule has 0 amide bonds. The summed E-state index contributed by atoms with van der Waals surface area (Å²) < 4.78 is 36.2. The molecule has 0 saturated carbocycles. The monoisotopic (exact) mass is 209 g/mol. The SMILES string of the molecule is CC[C@@H]1CN(S(C)(=O)=O)CC1CF. The molecule has 0 radical (unpaired) electrons. The van der Waals surface area contributed by atoms with Gasteiger partial charge in [0.15, 0.2) is 0 Å². The fourth-order valence-corrected chi connectivity index (χ4v) is 2.73. The second-order valence-electron chi connectivity index (χ2n) is 3.66. The molecular formula is C8H16FNO2S. The van der Waals surface area contributed by atoms with Crippen LogP contribution < -0.4 is 0 Å². The molecule has 0 aromatic heterocycles. The minimum atomic E-state index is -3.12. The minimum absolute atomic E-state index is 0.0975. The molecule has 0 aromatic rings. The van der Waals surface area contributed by atoms with Crippen molar-refractivity contribution in [1.29, 1.82) is 0 Å². The fraction of sp³-hybridized carbons (Fsp3) is 1.00. The summed E-state index contributed by atoms with van der Waals surface area (Å²) in [6.45, 7) is 2.40. The first-order valence-electron chi connectivity index (χ1n) is 4.50. The van der Waals surface area contributed by atoms with E-state index >= 15 is 0 Å². The van der Waals surface area contributed by atoms with E-state index in [9.17, 15) is 12.8 Å². The smallest absolute Gasteiger partial charge is 0.211 e. The lowest BCUT2D eigenvalue weighted by molar-refractivity contribution is 0.308. The fourth-order valence-electron chi connectivity index (χ4n) is 1.80. The number of rotatable bonds is 3. The van der Waals surface area contributed by atoms with Gasteiger partial charge in [-0.2, -0.15) is 0 Å². The maximum Gasteiger partial charge on any atom is 0.211 e. The zero-order valence-electron chi connectivity index (χ0n) is 8.03. The van der Waals surface area contributed by atoms with Crippen LogP contribution in [-0.2, 0) is 10.0 Å². The number of halogens is 1. The van der Waals surface area contributed by atoms with E-state index in [0.717, 1.165) is 6.42 Å². The number of hydrogen-bond acceptors (Lipinski definition) is 2. The van der Waals surface area contributed by atoms with Crippen molar-refractivity contribution in [2.24, 2.45) is 11.8 Å². The molecule has 2 atom stereocenters. The lowest BCUT2D eigenvalue weighted by atomic mass is 9.95. The first kappa shape index (κ1) is 10.9. The van der Waals surface area contributed by atoms with Crippen molar-refractivity contribution in [3.63, 3.8) is 0 Å². The van der Waals surface area contributed by atoms with Gasteiger partial charge in [0.2, 0.25) is 10.0 Å². The Kier molecular flexibility index (Phi) is 3.29. The Balaban J connectivity index is 2.69. The van der Waals surface area contributed by atoms with Gasteiger partial charge in [-0.05, 0) is 5.92 Å². The van der Waals surface area contributed by atoms with E-state index in [1.54, 1.807) is 0 Å². The second kappa shape index (κ2) is 3.92. The van der Waals surface area contributed by atoms with Gasteiger partial charge in [0.1, 0.15) is 0 Å². The lowest BCUT2D eigenvalue weighted by Crippen LogP contribution is -2.27. The molecular weight excluding hydrogens is 193 g/mol. The van der Waals surface area contributed by atoms with Crippen LogP contribution in [0.15, 0.2) is 0 Å². The summed E-state index contributed by atoms with van der Waals surface area (Å²) in [5, 5.41) is 0. The summed E-state index contributed by atoms with van der Waals surface area (Å²) in [6.07, 6.45) is 2.03. The average molecular weight is 209 g/mol. The van der Waals surface area contributed by atoms with Gasteiger partial charge in [0.25, 0.3) is 0 Å². The van der Waals surface area contributed by atoms with E-state index in [2.05, 4.69) is 0 Å². The Labute approximate surface area is 79.0 Å². The minimum Gasteiger partial charge on any atom is -0.251 e. The summed E-state index contributed by atoms with van der Waals surface area (Å²) in [6, 6.07) is 0. The van der Waals surface area contributed by atoms with Crippen LogP contribution in [0.1, 0.15) is 13.3 Å². The maximum absolute atomic E-state index is 12.5. The Bertz CT molecular complexity index is 253. The number of sulfonamides is 1. The van der Waals surface area contributed by atoms with Crippen LogP contribution in [0.5, 0.6) is 0 Å². The summed E-state index contributed by atoms with van der Waals surface area (Å²) in [7, 11) is -3.12. The molecule has 0 aliphatic carbocycles. The normalized spacial score (nSPS) is 31.0. The van der Waals surface area contributed by atoms with Crippen molar-refractivity contribution in [3.05, 3.63) is 0 Å². The van der Waals surface area contributed by atoms with Gasteiger partial charge in [-0.25, -0.2) is 12.7 Å². The van der Waals surface area contributed by atoms with Gasteiger partial charge in [-0.1, -0.05) is 13.3 Å². The standard InChI is InChI=1S/C8H16FNO2S/c1-3-7-5-10(13(2,11)12)6-8(7)4-9/h7-8H,3-6H2,1-2H3/t7-,8?/m1/s1. The molecule has 1 heterocycles.